The van der Waals surface area contributed by atoms with Crippen molar-refractivity contribution < 1.29 is 0 Å². The molecule has 1 aliphatic carbocycles. The van der Waals surface area contributed by atoms with Crippen LogP contribution in [0.3, 0.4) is 0 Å². The second-order valence-corrected chi connectivity index (χ2v) is 10.4. The highest BCUT2D eigenvalue weighted by Crippen LogP contribution is 2.42. The molecule has 0 fully saturated rings. The van der Waals surface area contributed by atoms with E-state index in [9.17, 15) is 4.79 Å². The Morgan fingerprint density at radius 3 is 2.79 bits per heavy atom. The first kappa shape index (κ1) is 18.6. The molecule has 0 unspecified atom stereocenters. The molecule has 0 saturated carbocycles. The van der Waals surface area contributed by atoms with Crippen molar-refractivity contribution in [1.29, 1.82) is 0 Å². The topological polar surface area (TPSA) is 63.6 Å². The van der Waals surface area contributed by atoms with E-state index in [1.54, 1.807) is 11.3 Å². The van der Waals surface area contributed by atoms with Crippen LogP contribution in [0.2, 0.25) is 0 Å². The lowest BCUT2D eigenvalue weighted by Gasteiger charge is -2.33. The van der Waals surface area contributed by atoms with Crippen molar-refractivity contribution in [3.05, 3.63) is 56.7 Å². The van der Waals surface area contributed by atoms with E-state index in [0.29, 0.717) is 23.6 Å². The van der Waals surface area contributed by atoms with Crippen molar-refractivity contribution in [2.45, 2.75) is 46.5 Å². The molecule has 0 bridgehead atoms. The molecule has 150 valence electrons. The number of para-hydroxylation sites is 2. The van der Waals surface area contributed by atoms with E-state index >= 15 is 0 Å². The van der Waals surface area contributed by atoms with E-state index in [-0.39, 0.29) is 5.56 Å². The van der Waals surface area contributed by atoms with Gasteiger partial charge in [0.05, 0.1) is 23.0 Å². The van der Waals surface area contributed by atoms with Gasteiger partial charge in [-0.15, -0.1) is 11.3 Å². The number of rotatable bonds is 2. The molecule has 1 aromatic carbocycles. The number of thiophene rings is 1. The molecular formula is C23H26N4OS. The SMILES string of the molecule is Cn1c(Cc2nc3c4c(sc3c(=O)[nH]2)C[C@@H](C(C)(C)C)CC4)nc2ccccc21. The van der Waals surface area contributed by atoms with Crippen molar-refractivity contribution in [2.75, 3.05) is 0 Å². The molecule has 1 aliphatic rings. The van der Waals surface area contributed by atoms with Crippen LogP contribution in [-0.4, -0.2) is 19.5 Å². The lowest BCUT2D eigenvalue weighted by Crippen LogP contribution is -2.26. The number of benzene rings is 1. The minimum Gasteiger partial charge on any atom is -0.331 e. The zero-order valence-corrected chi connectivity index (χ0v) is 18.2. The Morgan fingerprint density at radius 2 is 2.03 bits per heavy atom. The van der Waals surface area contributed by atoms with Crippen LogP contribution in [0, 0.1) is 11.3 Å². The van der Waals surface area contributed by atoms with E-state index in [1.165, 1.54) is 10.4 Å². The fourth-order valence-electron chi connectivity index (χ4n) is 4.52. The Morgan fingerprint density at radius 1 is 1.24 bits per heavy atom. The summed E-state index contributed by atoms with van der Waals surface area (Å²) in [5, 5.41) is 0. The number of nitrogens with zero attached hydrogens (tertiary/aromatic N) is 3. The van der Waals surface area contributed by atoms with Gasteiger partial charge < -0.3 is 9.55 Å². The van der Waals surface area contributed by atoms with Crippen molar-refractivity contribution >= 4 is 32.6 Å². The fraction of sp³-hybridized carbons (Fsp3) is 0.435. The van der Waals surface area contributed by atoms with Gasteiger partial charge in [-0.25, -0.2) is 9.97 Å². The second kappa shape index (κ2) is 6.52. The molecule has 0 amide bonds. The van der Waals surface area contributed by atoms with Gasteiger partial charge in [0.1, 0.15) is 16.3 Å². The first-order valence-electron chi connectivity index (χ1n) is 10.2. The van der Waals surface area contributed by atoms with E-state index in [1.807, 2.05) is 25.2 Å². The number of aryl methyl sites for hydroxylation is 2. The molecular weight excluding hydrogens is 380 g/mol. The van der Waals surface area contributed by atoms with E-state index in [0.717, 1.165) is 46.3 Å². The minimum atomic E-state index is -0.0181. The maximum Gasteiger partial charge on any atom is 0.268 e. The average molecular weight is 407 g/mol. The van der Waals surface area contributed by atoms with Gasteiger partial charge in [0.15, 0.2) is 0 Å². The van der Waals surface area contributed by atoms with Crippen LogP contribution in [0.25, 0.3) is 21.3 Å². The monoisotopic (exact) mass is 406 g/mol. The van der Waals surface area contributed by atoms with Crippen LogP contribution in [0.5, 0.6) is 0 Å². The quantitative estimate of drug-likeness (QED) is 0.529. The summed E-state index contributed by atoms with van der Waals surface area (Å²) in [5.74, 6) is 2.26. The van der Waals surface area contributed by atoms with Gasteiger partial charge in [0, 0.05) is 11.9 Å². The molecule has 0 spiro atoms. The summed E-state index contributed by atoms with van der Waals surface area (Å²) in [4.78, 5) is 26.8. The molecule has 1 atom stereocenters. The highest BCUT2D eigenvalue weighted by molar-refractivity contribution is 7.19. The van der Waals surface area contributed by atoms with Gasteiger partial charge in [0.25, 0.3) is 5.56 Å². The van der Waals surface area contributed by atoms with Gasteiger partial charge >= 0.3 is 0 Å². The Bertz CT molecular complexity index is 1290. The van der Waals surface area contributed by atoms with Gasteiger partial charge in [-0.05, 0) is 48.3 Å². The van der Waals surface area contributed by atoms with Crippen molar-refractivity contribution in [3.8, 4) is 0 Å². The molecule has 6 heteroatoms. The highest BCUT2D eigenvalue weighted by atomic mass is 32.1. The van der Waals surface area contributed by atoms with E-state index in [4.69, 9.17) is 9.97 Å². The molecule has 0 radical (unpaired) electrons. The van der Waals surface area contributed by atoms with Crippen LogP contribution in [0.1, 0.15) is 49.3 Å². The zero-order valence-electron chi connectivity index (χ0n) is 17.4. The molecule has 3 heterocycles. The maximum atomic E-state index is 12.8. The minimum absolute atomic E-state index is 0.0181. The van der Waals surface area contributed by atoms with Gasteiger partial charge in [0.2, 0.25) is 0 Å². The molecule has 0 saturated heterocycles. The molecule has 5 rings (SSSR count). The number of nitrogens with one attached hydrogen (secondary N) is 1. The second-order valence-electron chi connectivity index (χ2n) is 9.25. The number of hydrogen-bond acceptors (Lipinski definition) is 4. The first-order valence-corrected chi connectivity index (χ1v) is 11.1. The molecule has 4 aromatic rings. The van der Waals surface area contributed by atoms with Crippen molar-refractivity contribution in [3.63, 3.8) is 0 Å². The molecule has 5 nitrogen and oxygen atoms in total. The Kier molecular flexibility index (Phi) is 4.17. The van der Waals surface area contributed by atoms with Crippen LogP contribution in [-0.2, 0) is 26.3 Å². The van der Waals surface area contributed by atoms with Gasteiger partial charge in [-0.2, -0.15) is 0 Å². The predicted molar refractivity (Wildman–Crippen MR) is 119 cm³/mol. The smallest absolute Gasteiger partial charge is 0.268 e. The lowest BCUT2D eigenvalue weighted by molar-refractivity contribution is 0.218. The normalized spacial score (nSPS) is 17.2. The highest BCUT2D eigenvalue weighted by Gasteiger charge is 2.31. The molecule has 1 N–H and O–H groups in total. The number of aromatic nitrogens is 4. The standard InChI is InChI=1S/C23H26N4OS/c1-23(2,3)13-9-10-14-17(11-13)29-21-20(14)25-18(26-22(21)28)12-19-24-15-7-5-6-8-16(15)27(19)4/h5-8,13H,9-12H2,1-4H3,(H,25,26,28)/t13-/m0/s1. The summed E-state index contributed by atoms with van der Waals surface area (Å²) in [6.45, 7) is 6.95. The Hall–Kier alpha value is -2.47. The number of H-pyrrole nitrogens is 1. The van der Waals surface area contributed by atoms with Crippen LogP contribution >= 0.6 is 11.3 Å². The average Bonchev–Trinajstić information content (AvgIpc) is 3.20. The maximum absolute atomic E-state index is 12.8. The summed E-state index contributed by atoms with van der Waals surface area (Å²) >= 11 is 1.64. The summed E-state index contributed by atoms with van der Waals surface area (Å²) in [5.41, 5.74) is 4.54. The number of fused-ring (bicyclic) bond motifs is 4. The molecule has 29 heavy (non-hydrogen) atoms. The summed E-state index contributed by atoms with van der Waals surface area (Å²) in [6.07, 6.45) is 3.75. The van der Waals surface area contributed by atoms with Crippen molar-refractivity contribution in [1.82, 2.24) is 19.5 Å². The van der Waals surface area contributed by atoms with Crippen LogP contribution < -0.4 is 5.56 Å². The Labute approximate surface area is 173 Å². The number of imidazole rings is 1. The number of aromatic amines is 1. The van der Waals surface area contributed by atoms with E-state index < -0.39 is 0 Å². The predicted octanol–water partition coefficient (Wildman–Crippen LogP) is 4.61. The van der Waals surface area contributed by atoms with Crippen molar-refractivity contribution in [2.24, 2.45) is 18.4 Å². The summed E-state index contributed by atoms with van der Waals surface area (Å²) in [6, 6.07) is 8.08. The third-order valence-electron chi connectivity index (χ3n) is 6.38. The summed E-state index contributed by atoms with van der Waals surface area (Å²) in [7, 11) is 2.01. The largest absolute Gasteiger partial charge is 0.331 e. The van der Waals surface area contributed by atoms with Crippen LogP contribution in [0.15, 0.2) is 29.1 Å². The van der Waals surface area contributed by atoms with Gasteiger partial charge in [-0.1, -0.05) is 32.9 Å². The molecule has 3 aromatic heterocycles. The van der Waals surface area contributed by atoms with Crippen LogP contribution in [0.4, 0.5) is 0 Å². The zero-order chi connectivity index (χ0) is 20.3. The molecule has 0 aliphatic heterocycles. The third-order valence-corrected chi connectivity index (χ3v) is 7.62. The third kappa shape index (κ3) is 3.10. The first-order chi connectivity index (χ1) is 13.8. The van der Waals surface area contributed by atoms with Gasteiger partial charge in [-0.3, -0.25) is 4.79 Å². The Balaban J connectivity index is 1.55. The summed E-state index contributed by atoms with van der Waals surface area (Å²) < 4.78 is 2.86. The van der Waals surface area contributed by atoms with E-state index in [2.05, 4.69) is 36.4 Å². The number of hydrogen-bond donors (Lipinski definition) is 1. The fourth-order valence-corrected chi connectivity index (χ4v) is 5.78. The lowest BCUT2D eigenvalue weighted by atomic mass is 9.72.